The standard InChI is InChI=1S/C33H28FIN4/c1-32(2)18-25-16-21-9-5-8-20-12-13-22-15-24(17-33(25,39(32)35)29(22)28(20)21)30-26-10-6-14-36-31(26)38(37-30)19-23-7-3-4-11-27(23)34/h3-15,25H,16-19H2,1-2H3. The van der Waals surface area contributed by atoms with Crippen molar-refractivity contribution < 1.29 is 4.39 Å². The van der Waals surface area contributed by atoms with Gasteiger partial charge in [0.25, 0.3) is 0 Å². The summed E-state index contributed by atoms with van der Waals surface area (Å²) in [4.78, 5) is 4.70. The van der Waals surface area contributed by atoms with Crippen LogP contribution in [-0.4, -0.2) is 23.4 Å². The summed E-state index contributed by atoms with van der Waals surface area (Å²) in [5.74, 6) is 0.294. The molecule has 4 nitrogen and oxygen atoms in total. The summed E-state index contributed by atoms with van der Waals surface area (Å²) in [6.45, 7) is 5.12. The molecule has 39 heavy (non-hydrogen) atoms. The minimum absolute atomic E-state index is 0.0724. The number of nitrogens with zero attached hydrogens (tertiary/aromatic N) is 4. The van der Waals surface area contributed by atoms with Crippen LogP contribution in [0.4, 0.5) is 4.39 Å². The highest BCUT2D eigenvalue weighted by atomic mass is 127. The van der Waals surface area contributed by atoms with E-state index in [9.17, 15) is 4.39 Å². The molecule has 2 aliphatic carbocycles. The lowest BCUT2D eigenvalue weighted by Crippen LogP contribution is -2.48. The Morgan fingerprint density at radius 1 is 1.03 bits per heavy atom. The van der Waals surface area contributed by atoms with Crippen molar-refractivity contribution in [1.82, 2.24) is 17.9 Å². The maximum atomic E-state index is 14.6. The topological polar surface area (TPSA) is 34.0 Å². The van der Waals surface area contributed by atoms with E-state index in [0.29, 0.717) is 18.0 Å². The van der Waals surface area contributed by atoms with Crippen LogP contribution < -0.4 is 0 Å². The Morgan fingerprint density at radius 2 is 1.90 bits per heavy atom. The van der Waals surface area contributed by atoms with Gasteiger partial charge in [-0.2, -0.15) is 5.10 Å². The Morgan fingerprint density at radius 3 is 2.77 bits per heavy atom. The van der Waals surface area contributed by atoms with Gasteiger partial charge in [0.2, 0.25) is 0 Å². The highest BCUT2D eigenvalue weighted by molar-refractivity contribution is 14.1. The van der Waals surface area contributed by atoms with Gasteiger partial charge in [-0.15, -0.1) is 0 Å². The molecule has 8 rings (SSSR count). The minimum Gasteiger partial charge on any atom is -0.242 e. The normalized spacial score (nSPS) is 23.3. The first-order valence-corrected chi connectivity index (χ1v) is 14.6. The van der Waals surface area contributed by atoms with Crippen molar-refractivity contribution in [3.8, 4) is 0 Å². The van der Waals surface area contributed by atoms with Crippen LogP contribution in [0, 0.1) is 11.7 Å². The molecule has 1 spiro atoms. The van der Waals surface area contributed by atoms with E-state index < -0.39 is 0 Å². The molecule has 3 heterocycles. The van der Waals surface area contributed by atoms with Crippen LogP contribution in [0.1, 0.15) is 54.6 Å². The van der Waals surface area contributed by atoms with Gasteiger partial charge < -0.3 is 0 Å². The van der Waals surface area contributed by atoms with E-state index in [0.717, 1.165) is 36.0 Å². The molecule has 0 N–H and O–H groups in total. The first kappa shape index (κ1) is 23.8. The predicted molar refractivity (Wildman–Crippen MR) is 163 cm³/mol. The van der Waals surface area contributed by atoms with Crippen LogP contribution in [-0.2, 0) is 18.5 Å². The molecule has 0 bridgehead atoms. The van der Waals surface area contributed by atoms with Crippen LogP contribution in [0.2, 0.25) is 0 Å². The number of pyridine rings is 1. The van der Waals surface area contributed by atoms with Crippen molar-refractivity contribution in [1.29, 1.82) is 0 Å². The van der Waals surface area contributed by atoms with Crippen LogP contribution >= 0.6 is 22.9 Å². The number of hydrogen-bond acceptors (Lipinski definition) is 3. The molecule has 1 saturated heterocycles. The quantitative estimate of drug-likeness (QED) is 0.151. The molecule has 1 fully saturated rings. The molecule has 0 radical (unpaired) electrons. The van der Waals surface area contributed by atoms with E-state index in [-0.39, 0.29) is 16.9 Å². The lowest BCUT2D eigenvalue weighted by molar-refractivity contribution is 0.172. The van der Waals surface area contributed by atoms with Gasteiger partial charge >= 0.3 is 0 Å². The van der Waals surface area contributed by atoms with E-state index in [4.69, 9.17) is 10.1 Å². The van der Waals surface area contributed by atoms with Crippen molar-refractivity contribution in [2.24, 2.45) is 5.92 Å². The lowest BCUT2D eigenvalue weighted by Gasteiger charge is -2.49. The number of benzene rings is 3. The highest BCUT2D eigenvalue weighted by Crippen LogP contribution is 2.63. The largest absolute Gasteiger partial charge is 0.242 e. The SMILES string of the molecule is CC1(C)CC2Cc3cccc4ccc5c(c34)C2(CC(c2nn(Cc3ccccc3F)c3ncccc23)=C5)N1I. The molecule has 5 aromatic rings. The third kappa shape index (κ3) is 3.24. The Kier molecular flexibility index (Phi) is 5.00. The zero-order valence-electron chi connectivity index (χ0n) is 22.0. The number of aromatic nitrogens is 3. The zero-order chi connectivity index (χ0) is 26.5. The molecular formula is C33H28FIN4. The summed E-state index contributed by atoms with van der Waals surface area (Å²) in [7, 11) is 0. The van der Waals surface area contributed by atoms with Crippen molar-refractivity contribution in [2.75, 3.05) is 0 Å². The van der Waals surface area contributed by atoms with E-state index in [2.05, 4.69) is 82.3 Å². The van der Waals surface area contributed by atoms with Crippen LogP contribution in [0.3, 0.4) is 0 Å². The summed E-state index contributed by atoms with van der Waals surface area (Å²) >= 11 is 2.62. The molecule has 3 aliphatic rings. The molecular weight excluding hydrogens is 598 g/mol. The van der Waals surface area contributed by atoms with Gasteiger partial charge in [-0.1, -0.05) is 48.5 Å². The summed E-state index contributed by atoms with van der Waals surface area (Å²) < 4.78 is 19.1. The number of halogens is 2. The molecule has 2 atom stereocenters. The second-order valence-corrected chi connectivity index (χ2v) is 13.0. The Balaban J connectivity index is 1.36. The van der Waals surface area contributed by atoms with Gasteiger partial charge in [-0.25, -0.2) is 17.2 Å². The third-order valence-corrected chi connectivity index (χ3v) is 11.4. The van der Waals surface area contributed by atoms with Crippen molar-refractivity contribution in [2.45, 2.75) is 50.7 Å². The van der Waals surface area contributed by atoms with Crippen molar-refractivity contribution in [3.05, 3.63) is 107 Å². The fraction of sp³-hybridized carbons (Fsp3) is 0.273. The van der Waals surface area contributed by atoms with Gasteiger partial charge in [-0.05, 0) is 96.3 Å². The number of fused-ring (bicyclic) bond motifs is 1. The molecule has 194 valence electrons. The molecule has 2 unspecified atom stereocenters. The maximum Gasteiger partial charge on any atom is 0.158 e. The average Bonchev–Trinajstić information content (AvgIpc) is 3.39. The van der Waals surface area contributed by atoms with Crippen LogP contribution in [0.25, 0.3) is 33.5 Å². The molecule has 1 aliphatic heterocycles. The Hall–Kier alpha value is -3.10. The third-order valence-electron chi connectivity index (χ3n) is 9.25. The van der Waals surface area contributed by atoms with Crippen molar-refractivity contribution >= 4 is 56.3 Å². The van der Waals surface area contributed by atoms with Crippen LogP contribution in [0.15, 0.2) is 72.9 Å². The van der Waals surface area contributed by atoms with Gasteiger partial charge in [0.05, 0.1) is 17.8 Å². The lowest BCUT2D eigenvalue weighted by atomic mass is 9.63. The molecule has 3 aromatic carbocycles. The van der Waals surface area contributed by atoms with Gasteiger partial charge in [0.1, 0.15) is 5.82 Å². The number of hydrogen-bond donors (Lipinski definition) is 0. The summed E-state index contributed by atoms with van der Waals surface area (Å²) in [6.07, 6.45) is 7.29. The van der Waals surface area contributed by atoms with E-state index >= 15 is 0 Å². The molecule has 2 aromatic heterocycles. The minimum atomic E-state index is -0.218. The summed E-state index contributed by atoms with van der Waals surface area (Å²) in [6, 6.07) is 22.4. The monoisotopic (exact) mass is 626 g/mol. The predicted octanol–water partition coefficient (Wildman–Crippen LogP) is 7.92. The van der Waals surface area contributed by atoms with E-state index in [1.54, 1.807) is 12.3 Å². The Labute approximate surface area is 241 Å². The average molecular weight is 627 g/mol. The smallest absolute Gasteiger partial charge is 0.158 e. The fourth-order valence-electron chi connectivity index (χ4n) is 7.72. The molecule has 0 amide bonds. The second-order valence-electron chi connectivity index (χ2n) is 12.0. The first-order valence-electron chi connectivity index (χ1n) is 13.6. The van der Waals surface area contributed by atoms with E-state index in [1.807, 2.05) is 22.9 Å². The van der Waals surface area contributed by atoms with Gasteiger partial charge in [-0.3, -0.25) is 0 Å². The summed E-state index contributed by atoms with van der Waals surface area (Å²) in [5, 5.41) is 8.93. The molecule has 6 heteroatoms. The number of rotatable bonds is 3. The molecule has 0 saturated carbocycles. The van der Waals surface area contributed by atoms with Gasteiger partial charge in [0.15, 0.2) is 5.65 Å². The fourth-order valence-corrected chi connectivity index (χ4v) is 8.72. The van der Waals surface area contributed by atoms with Gasteiger partial charge in [0, 0.05) is 45.6 Å². The van der Waals surface area contributed by atoms with E-state index in [1.165, 1.54) is 39.1 Å². The zero-order valence-corrected chi connectivity index (χ0v) is 24.1. The maximum absolute atomic E-state index is 14.6. The first-order chi connectivity index (χ1) is 18.9. The Bertz CT molecular complexity index is 1850. The van der Waals surface area contributed by atoms with Crippen molar-refractivity contribution in [3.63, 3.8) is 0 Å². The summed E-state index contributed by atoms with van der Waals surface area (Å²) in [5.41, 5.74) is 7.82. The van der Waals surface area contributed by atoms with Crippen LogP contribution in [0.5, 0.6) is 0 Å². The second kappa shape index (κ2) is 8.21. The highest BCUT2D eigenvalue weighted by Gasteiger charge is 2.60.